The van der Waals surface area contributed by atoms with Crippen LogP contribution in [0.15, 0.2) is 4.99 Å². The highest BCUT2D eigenvalue weighted by Crippen LogP contribution is 2.24. The van der Waals surface area contributed by atoms with E-state index in [0.717, 1.165) is 23.9 Å². The maximum atomic E-state index is 5.56. The van der Waals surface area contributed by atoms with Gasteiger partial charge in [0.1, 0.15) is 5.60 Å². The molecule has 2 fully saturated rings. The summed E-state index contributed by atoms with van der Waals surface area (Å²) in [5.74, 6) is 1.77. The third-order valence-electron chi connectivity index (χ3n) is 3.52. The predicted molar refractivity (Wildman–Crippen MR) is 71.7 cm³/mol. The van der Waals surface area contributed by atoms with Gasteiger partial charge in [-0.25, -0.2) is 0 Å². The molecule has 0 aliphatic carbocycles. The zero-order chi connectivity index (χ0) is 12.3. The van der Waals surface area contributed by atoms with Crippen molar-refractivity contribution < 1.29 is 9.47 Å². The van der Waals surface area contributed by atoms with Crippen LogP contribution in [-0.2, 0) is 9.47 Å². The van der Waals surface area contributed by atoms with Gasteiger partial charge in [-0.2, -0.15) is 0 Å². The molecule has 0 amide bonds. The van der Waals surface area contributed by atoms with Crippen molar-refractivity contribution in [3.63, 3.8) is 0 Å². The average Bonchev–Trinajstić information content (AvgIpc) is 2.96. The molecular formula is C12H22N2O2S. The Labute approximate surface area is 108 Å². The number of aliphatic imine (C=N–C) groups is 1. The second kappa shape index (κ2) is 5.59. The lowest BCUT2D eigenvalue weighted by Gasteiger charge is -2.23. The molecular weight excluding hydrogens is 236 g/mol. The van der Waals surface area contributed by atoms with Gasteiger partial charge in [-0.15, -0.1) is 0 Å². The van der Waals surface area contributed by atoms with E-state index >= 15 is 0 Å². The van der Waals surface area contributed by atoms with Crippen molar-refractivity contribution in [3.05, 3.63) is 0 Å². The van der Waals surface area contributed by atoms with Gasteiger partial charge >= 0.3 is 0 Å². The molecule has 0 saturated carbocycles. The Morgan fingerprint density at radius 2 is 2.47 bits per heavy atom. The van der Waals surface area contributed by atoms with Crippen LogP contribution in [0.4, 0.5) is 0 Å². The standard InChI is InChI=1S/C12H22N2O2S/c1-9(2)10-6-17-11(14-10)13-7-12(15-3)4-5-16-8-12/h9-10H,4-8H2,1-3H3,(H,13,14)/t10-,12?/m1/s1. The van der Waals surface area contributed by atoms with Crippen LogP contribution in [0.2, 0.25) is 0 Å². The van der Waals surface area contributed by atoms with Crippen molar-refractivity contribution in [3.8, 4) is 0 Å². The molecule has 2 saturated heterocycles. The minimum absolute atomic E-state index is 0.189. The smallest absolute Gasteiger partial charge is 0.156 e. The van der Waals surface area contributed by atoms with E-state index in [0.29, 0.717) is 25.1 Å². The van der Waals surface area contributed by atoms with Crippen molar-refractivity contribution in [1.29, 1.82) is 0 Å². The number of nitrogens with zero attached hydrogens (tertiary/aromatic N) is 1. The van der Waals surface area contributed by atoms with Crippen LogP contribution in [-0.4, -0.2) is 49.4 Å². The summed E-state index contributed by atoms with van der Waals surface area (Å²) < 4.78 is 11.0. The monoisotopic (exact) mass is 258 g/mol. The van der Waals surface area contributed by atoms with Gasteiger partial charge in [0.05, 0.1) is 13.2 Å². The summed E-state index contributed by atoms with van der Waals surface area (Å²) in [5, 5.41) is 4.53. The second-order valence-corrected chi connectivity index (χ2v) is 6.13. The van der Waals surface area contributed by atoms with Crippen LogP contribution >= 0.6 is 11.8 Å². The molecule has 98 valence electrons. The van der Waals surface area contributed by atoms with E-state index in [-0.39, 0.29) is 5.60 Å². The summed E-state index contributed by atoms with van der Waals surface area (Å²) >= 11 is 1.81. The lowest BCUT2D eigenvalue weighted by molar-refractivity contribution is -0.00898. The maximum absolute atomic E-state index is 5.56. The quantitative estimate of drug-likeness (QED) is 0.830. The number of ether oxygens (including phenoxy) is 2. The van der Waals surface area contributed by atoms with E-state index in [1.807, 2.05) is 11.8 Å². The predicted octanol–water partition coefficient (Wildman–Crippen LogP) is 1.51. The van der Waals surface area contributed by atoms with Gasteiger partial charge in [0.15, 0.2) is 5.17 Å². The first-order chi connectivity index (χ1) is 8.15. The van der Waals surface area contributed by atoms with Gasteiger partial charge < -0.3 is 14.8 Å². The van der Waals surface area contributed by atoms with E-state index < -0.39 is 0 Å². The number of hydrogen-bond acceptors (Lipinski definition) is 4. The highest BCUT2D eigenvalue weighted by atomic mass is 32.2. The van der Waals surface area contributed by atoms with Gasteiger partial charge in [-0.05, 0) is 5.92 Å². The molecule has 0 radical (unpaired) electrons. The molecule has 4 nitrogen and oxygen atoms in total. The highest BCUT2D eigenvalue weighted by molar-refractivity contribution is 8.14. The minimum atomic E-state index is -0.189. The fourth-order valence-corrected chi connectivity index (χ4v) is 3.21. The molecule has 2 heterocycles. The molecule has 0 spiro atoms. The van der Waals surface area contributed by atoms with Crippen LogP contribution in [0.3, 0.4) is 0 Å². The molecule has 0 aromatic heterocycles. The Kier molecular flexibility index (Phi) is 4.33. The zero-order valence-electron chi connectivity index (χ0n) is 10.9. The molecule has 2 aliphatic heterocycles. The Bertz CT molecular complexity index is 288. The first-order valence-electron chi connectivity index (χ1n) is 6.22. The lowest BCUT2D eigenvalue weighted by atomic mass is 10.0. The summed E-state index contributed by atoms with van der Waals surface area (Å²) in [4.78, 5) is 4.64. The first kappa shape index (κ1) is 13.2. The van der Waals surface area contributed by atoms with Crippen LogP contribution in [0.5, 0.6) is 0 Å². The number of nitrogens with one attached hydrogen (secondary N) is 1. The SMILES string of the molecule is COC1(CN=C2N[C@@H](C(C)C)CS2)CCOC1. The van der Waals surface area contributed by atoms with E-state index in [4.69, 9.17) is 9.47 Å². The highest BCUT2D eigenvalue weighted by Gasteiger charge is 2.35. The third kappa shape index (κ3) is 3.14. The first-order valence-corrected chi connectivity index (χ1v) is 7.20. The Morgan fingerprint density at radius 3 is 3.00 bits per heavy atom. The van der Waals surface area contributed by atoms with Crippen molar-refractivity contribution in [2.45, 2.75) is 31.9 Å². The molecule has 0 bridgehead atoms. The van der Waals surface area contributed by atoms with Crippen molar-refractivity contribution in [1.82, 2.24) is 5.32 Å². The molecule has 1 unspecified atom stereocenters. The van der Waals surface area contributed by atoms with Gasteiger partial charge in [0, 0.05) is 31.9 Å². The average molecular weight is 258 g/mol. The van der Waals surface area contributed by atoms with E-state index in [9.17, 15) is 0 Å². The largest absolute Gasteiger partial charge is 0.378 e. The molecule has 2 aliphatic rings. The van der Waals surface area contributed by atoms with Crippen molar-refractivity contribution in [2.24, 2.45) is 10.9 Å². The van der Waals surface area contributed by atoms with Crippen LogP contribution in [0.1, 0.15) is 20.3 Å². The molecule has 2 atom stereocenters. The molecule has 1 N–H and O–H groups in total. The topological polar surface area (TPSA) is 42.8 Å². The molecule has 0 aromatic carbocycles. The Balaban J connectivity index is 1.88. The second-order valence-electron chi connectivity index (χ2n) is 5.12. The van der Waals surface area contributed by atoms with Gasteiger partial charge in [0.2, 0.25) is 0 Å². The van der Waals surface area contributed by atoms with Crippen LogP contribution in [0, 0.1) is 5.92 Å². The van der Waals surface area contributed by atoms with E-state index in [1.54, 1.807) is 7.11 Å². The van der Waals surface area contributed by atoms with Crippen molar-refractivity contribution in [2.75, 3.05) is 32.6 Å². The van der Waals surface area contributed by atoms with Crippen LogP contribution < -0.4 is 5.32 Å². The van der Waals surface area contributed by atoms with Gasteiger partial charge in [0.25, 0.3) is 0 Å². The van der Waals surface area contributed by atoms with Gasteiger partial charge in [-0.1, -0.05) is 25.6 Å². The number of methoxy groups -OCH3 is 1. The maximum Gasteiger partial charge on any atom is 0.156 e. The molecule has 2 rings (SSSR count). The van der Waals surface area contributed by atoms with Gasteiger partial charge in [-0.3, -0.25) is 4.99 Å². The normalized spacial score (nSPS) is 35.8. The summed E-state index contributed by atoms with van der Waals surface area (Å²) in [7, 11) is 1.75. The van der Waals surface area contributed by atoms with E-state index in [1.165, 1.54) is 0 Å². The summed E-state index contributed by atoms with van der Waals surface area (Å²) in [6.45, 7) is 6.63. The Hall–Kier alpha value is -0.260. The van der Waals surface area contributed by atoms with Crippen molar-refractivity contribution >= 4 is 16.9 Å². The number of rotatable bonds is 4. The number of amidine groups is 1. The summed E-state index contributed by atoms with van der Waals surface area (Å²) in [6.07, 6.45) is 0.943. The van der Waals surface area contributed by atoms with Crippen LogP contribution in [0.25, 0.3) is 0 Å². The summed E-state index contributed by atoms with van der Waals surface area (Å²) in [5.41, 5.74) is -0.189. The fourth-order valence-electron chi connectivity index (χ4n) is 2.02. The Morgan fingerprint density at radius 1 is 1.65 bits per heavy atom. The third-order valence-corrected chi connectivity index (χ3v) is 4.57. The van der Waals surface area contributed by atoms with E-state index in [2.05, 4.69) is 24.2 Å². The molecule has 17 heavy (non-hydrogen) atoms. The minimum Gasteiger partial charge on any atom is -0.378 e. The zero-order valence-corrected chi connectivity index (χ0v) is 11.7. The molecule has 5 heteroatoms. The lowest BCUT2D eigenvalue weighted by Crippen LogP contribution is -2.37. The summed E-state index contributed by atoms with van der Waals surface area (Å²) in [6, 6.07) is 0.553. The number of hydrogen-bond donors (Lipinski definition) is 1. The number of thioether (sulfide) groups is 1. The fraction of sp³-hybridized carbons (Fsp3) is 0.917. The molecule has 0 aromatic rings.